The lowest BCUT2D eigenvalue weighted by molar-refractivity contribution is 0.0987. The third-order valence-electron chi connectivity index (χ3n) is 4.54. The van der Waals surface area contributed by atoms with Gasteiger partial charge < -0.3 is 10.5 Å². The molecule has 2 aromatic rings. The number of carbonyl (C=O) groups excluding carboxylic acids is 1. The first-order valence-electron chi connectivity index (χ1n) is 8.74. The second-order valence-corrected chi connectivity index (χ2v) is 9.23. The molecule has 0 aliphatic carbocycles. The van der Waals surface area contributed by atoms with E-state index in [1.54, 1.807) is 11.8 Å². The fraction of sp³-hybridized carbons (Fsp3) is 0.400. The van der Waals surface area contributed by atoms with Crippen LogP contribution < -0.4 is 10.5 Å². The van der Waals surface area contributed by atoms with Gasteiger partial charge in [-0.15, -0.1) is 0 Å². The minimum Gasteiger partial charge on any atom is -0.480 e. The van der Waals surface area contributed by atoms with Crippen LogP contribution in [0, 0.1) is 0 Å². The molecule has 1 aromatic heterocycles. The van der Waals surface area contributed by atoms with Crippen molar-refractivity contribution in [2.75, 3.05) is 7.11 Å². The Kier molecular flexibility index (Phi) is 5.24. The lowest BCUT2D eigenvalue weighted by atomic mass is 9.83. The molecule has 3 rings (SSSR count). The first kappa shape index (κ1) is 19.4. The molecule has 1 aliphatic rings. The first-order valence-corrected chi connectivity index (χ1v) is 9.55. The summed E-state index contributed by atoms with van der Waals surface area (Å²) in [7, 11) is 1.51. The summed E-state index contributed by atoms with van der Waals surface area (Å²) in [5, 5.41) is 0.601. The molecule has 0 saturated carbocycles. The Labute approximate surface area is 163 Å². The van der Waals surface area contributed by atoms with Crippen molar-refractivity contribution in [2.45, 2.75) is 43.9 Å². The van der Waals surface area contributed by atoms with Gasteiger partial charge in [0.05, 0.1) is 25.0 Å². The number of carbonyl (C=O) groups is 1. The molecule has 1 atom stereocenters. The highest BCUT2D eigenvalue weighted by molar-refractivity contribution is 8.15. The Morgan fingerprint density at radius 1 is 1.26 bits per heavy atom. The normalized spacial score (nSPS) is 21.4. The topological polar surface area (TPSA) is 90.5 Å². The molecule has 2 heterocycles. The van der Waals surface area contributed by atoms with Gasteiger partial charge in [-0.2, -0.15) is 0 Å². The van der Waals surface area contributed by atoms with E-state index < -0.39 is 5.54 Å². The maximum atomic E-state index is 12.5. The standard InChI is InChI=1S/C20H24N4O2S/c1-19(2)12-20(3,24-18(21)27-19)14-7-5-6-13(8-14)9-16(25)15-10-23-17(26-4)11-22-15/h5-8,10-11H,9,12H2,1-4H3,(H2,21,24)/t20-/m0/s1. The summed E-state index contributed by atoms with van der Waals surface area (Å²) >= 11 is 1.60. The summed E-state index contributed by atoms with van der Waals surface area (Å²) in [6.07, 6.45) is 4.01. The van der Waals surface area contributed by atoms with Gasteiger partial charge in [0.15, 0.2) is 11.0 Å². The summed E-state index contributed by atoms with van der Waals surface area (Å²) in [5.74, 6) is 0.296. The van der Waals surface area contributed by atoms with Crippen LogP contribution in [0.2, 0.25) is 0 Å². The molecule has 2 N–H and O–H groups in total. The molecule has 142 valence electrons. The fourth-order valence-electron chi connectivity index (χ4n) is 3.48. The van der Waals surface area contributed by atoms with E-state index in [-0.39, 0.29) is 17.0 Å². The Morgan fingerprint density at radius 3 is 2.67 bits per heavy atom. The van der Waals surface area contributed by atoms with Gasteiger partial charge in [0.25, 0.3) is 0 Å². The summed E-state index contributed by atoms with van der Waals surface area (Å²) in [4.78, 5) is 25.4. The van der Waals surface area contributed by atoms with E-state index in [0.717, 1.165) is 17.5 Å². The van der Waals surface area contributed by atoms with Crippen molar-refractivity contribution in [2.24, 2.45) is 10.7 Å². The van der Waals surface area contributed by atoms with Crippen LogP contribution in [0.1, 0.15) is 48.8 Å². The molecule has 0 amide bonds. The number of hydrogen-bond donors (Lipinski definition) is 1. The fourth-order valence-corrected chi connectivity index (χ4v) is 4.64. The molecule has 0 radical (unpaired) electrons. The number of nitrogens with zero attached hydrogens (tertiary/aromatic N) is 3. The summed E-state index contributed by atoms with van der Waals surface area (Å²) in [6.45, 7) is 6.44. The first-order chi connectivity index (χ1) is 12.7. The number of amidine groups is 1. The highest BCUT2D eigenvalue weighted by Gasteiger charge is 2.39. The van der Waals surface area contributed by atoms with E-state index in [0.29, 0.717) is 16.7 Å². The van der Waals surface area contributed by atoms with Crippen LogP contribution in [0.4, 0.5) is 0 Å². The van der Waals surface area contributed by atoms with Gasteiger partial charge in [-0.25, -0.2) is 9.97 Å². The second kappa shape index (κ2) is 7.31. The quantitative estimate of drug-likeness (QED) is 0.795. The largest absolute Gasteiger partial charge is 0.480 e. The van der Waals surface area contributed by atoms with E-state index in [1.807, 2.05) is 24.3 Å². The van der Waals surface area contributed by atoms with Crippen molar-refractivity contribution in [3.8, 4) is 5.88 Å². The summed E-state index contributed by atoms with van der Waals surface area (Å²) < 4.78 is 4.98. The lowest BCUT2D eigenvalue weighted by Gasteiger charge is -2.39. The van der Waals surface area contributed by atoms with Gasteiger partial charge in [-0.1, -0.05) is 49.9 Å². The third kappa shape index (κ3) is 4.47. The Bertz CT molecular complexity index is 880. The highest BCUT2D eigenvalue weighted by Crippen LogP contribution is 2.44. The molecule has 0 fully saturated rings. The van der Waals surface area contributed by atoms with E-state index in [2.05, 4.69) is 30.7 Å². The average molecular weight is 385 g/mol. The van der Waals surface area contributed by atoms with E-state index in [1.165, 1.54) is 19.5 Å². The molecular formula is C20H24N4O2S. The van der Waals surface area contributed by atoms with Gasteiger partial charge in [-0.3, -0.25) is 9.79 Å². The molecular weight excluding hydrogens is 360 g/mol. The molecule has 6 nitrogen and oxygen atoms in total. The zero-order chi connectivity index (χ0) is 19.7. The zero-order valence-corrected chi connectivity index (χ0v) is 16.8. The molecule has 7 heteroatoms. The number of benzene rings is 1. The highest BCUT2D eigenvalue weighted by atomic mass is 32.2. The van der Waals surface area contributed by atoms with Crippen LogP contribution in [0.25, 0.3) is 0 Å². The van der Waals surface area contributed by atoms with Crippen molar-refractivity contribution in [3.63, 3.8) is 0 Å². The maximum Gasteiger partial charge on any atom is 0.232 e. The van der Waals surface area contributed by atoms with E-state index >= 15 is 0 Å². The molecule has 1 aromatic carbocycles. The summed E-state index contributed by atoms with van der Waals surface area (Å²) in [5.41, 5.74) is 7.97. The van der Waals surface area contributed by atoms with Crippen LogP contribution in [0.15, 0.2) is 41.7 Å². The SMILES string of the molecule is COc1cnc(C(=O)Cc2cccc([C@]3(C)CC(C)(C)SC(N)=N3)c2)cn1. The monoisotopic (exact) mass is 384 g/mol. The van der Waals surface area contributed by atoms with Crippen molar-refractivity contribution < 1.29 is 9.53 Å². The van der Waals surface area contributed by atoms with Gasteiger partial charge in [-0.05, 0) is 24.5 Å². The summed E-state index contributed by atoms with van der Waals surface area (Å²) in [6, 6.07) is 7.99. The van der Waals surface area contributed by atoms with Crippen LogP contribution in [-0.4, -0.2) is 32.8 Å². The van der Waals surface area contributed by atoms with Gasteiger partial charge in [0, 0.05) is 11.2 Å². The molecule has 0 spiro atoms. The molecule has 0 bridgehead atoms. The van der Waals surface area contributed by atoms with E-state index in [4.69, 9.17) is 15.5 Å². The number of methoxy groups -OCH3 is 1. The third-order valence-corrected chi connectivity index (χ3v) is 5.54. The Hall–Kier alpha value is -2.41. The number of rotatable bonds is 5. The molecule has 0 unspecified atom stereocenters. The Morgan fingerprint density at radius 2 is 2.04 bits per heavy atom. The molecule has 0 saturated heterocycles. The second-order valence-electron chi connectivity index (χ2n) is 7.51. The predicted octanol–water partition coefficient (Wildman–Crippen LogP) is 3.36. The zero-order valence-electron chi connectivity index (χ0n) is 16.0. The molecule has 1 aliphatic heterocycles. The van der Waals surface area contributed by atoms with Crippen LogP contribution in [0.5, 0.6) is 5.88 Å². The number of Topliss-reactive ketones (excluding diaryl/α,β-unsaturated/α-hetero) is 1. The van der Waals surface area contributed by atoms with Crippen LogP contribution in [0.3, 0.4) is 0 Å². The molecule has 27 heavy (non-hydrogen) atoms. The van der Waals surface area contributed by atoms with Crippen molar-refractivity contribution in [3.05, 3.63) is 53.5 Å². The minimum absolute atomic E-state index is 0.00505. The lowest BCUT2D eigenvalue weighted by Crippen LogP contribution is -2.38. The number of ether oxygens (including phenoxy) is 1. The number of aliphatic imine (C=N–C) groups is 1. The van der Waals surface area contributed by atoms with E-state index in [9.17, 15) is 4.79 Å². The van der Waals surface area contributed by atoms with Crippen molar-refractivity contribution in [1.82, 2.24) is 9.97 Å². The van der Waals surface area contributed by atoms with Crippen molar-refractivity contribution in [1.29, 1.82) is 0 Å². The number of thioether (sulfide) groups is 1. The predicted molar refractivity (Wildman–Crippen MR) is 108 cm³/mol. The smallest absolute Gasteiger partial charge is 0.232 e. The number of aromatic nitrogens is 2. The van der Waals surface area contributed by atoms with Gasteiger partial charge in [0.2, 0.25) is 5.88 Å². The van der Waals surface area contributed by atoms with Gasteiger partial charge >= 0.3 is 0 Å². The minimum atomic E-state index is -0.405. The number of nitrogens with two attached hydrogens (primary N) is 1. The Balaban J connectivity index is 1.83. The van der Waals surface area contributed by atoms with Crippen LogP contribution >= 0.6 is 11.8 Å². The van der Waals surface area contributed by atoms with Crippen LogP contribution in [-0.2, 0) is 12.0 Å². The average Bonchev–Trinajstić information content (AvgIpc) is 2.60. The van der Waals surface area contributed by atoms with Gasteiger partial charge in [0.1, 0.15) is 5.69 Å². The van der Waals surface area contributed by atoms with Crippen molar-refractivity contribution >= 4 is 22.7 Å². The number of ketones is 1. The maximum absolute atomic E-state index is 12.5. The number of hydrogen-bond acceptors (Lipinski definition) is 7.